The maximum atomic E-state index is 10.9. The molecule has 1 aliphatic rings. The second-order valence-corrected chi connectivity index (χ2v) is 1.89. The summed E-state index contributed by atoms with van der Waals surface area (Å²) in [6.45, 7) is 0. The minimum Gasteiger partial charge on any atom is -0.465 e. The van der Waals surface area contributed by atoms with E-state index in [1.54, 1.807) is 6.08 Å². The van der Waals surface area contributed by atoms with E-state index in [0.717, 1.165) is 0 Å². The van der Waals surface area contributed by atoms with Crippen molar-refractivity contribution in [3.05, 3.63) is 23.9 Å². The maximum absolute atomic E-state index is 10.9. The van der Waals surface area contributed by atoms with Gasteiger partial charge in [0.1, 0.15) is 5.57 Å². The molecule has 1 radical (unpaired) electrons. The average Bonchev–Trinajstić information content (AvgIpc) is 2.04. The Labute approximate surface area is 64.1 Å². The number of methoxy groups -OCH3 is 1. The topological polar surface area (TPSA) is 64.2 Å². The van der Waals surface area contributed by atoms with E-state index in [9.17, 15) is 4.79 Å². The Morgan fingerprint density at radius 1 is 1.73 bits per heavy atom. The lowest BCUT2D eigenvalue weighted by molar-refractivity contribution is -0.135. The van der Waals surface area contributed by atoms with Gasteiger partial charge in [-0.1, -0.05) is 0 Å². The number of ether oxygens (including phenoxy) is 1. The van der Waals surface area contributed by atoms with Crippen LogP contribution in [0.2, 0.25) is 0 Å². The van der Waals surface area contributed by atoms with Crippen LogP contribution in [0.1, 0.15) is 0 Å². The Bertz CT molecular complexity index is 253. The number of carbonyl (C=O) groups excluding carboxylic acids is 1. The molecule has 0 fully saturated rings. The molecule has 11 heavy (non-hydrogen) atoms. The van der Waals surface area contributed by atoms with Crippen molar-refractivity contribution in [3.8, 4) is 0 Å². The van der Waals surface area contributed by atoms with Crippen LogP contribution in [-0.2, 0) is 9.53 Å². The zero-order chi connectivity index (χ0) is 8.27. The molecule has 1 N–H and O–H groups in total. The molecule has 1 heterocycles. The van der Waals surface area contributed by atoms with Gasteiger partial charge in [0.05, 0.1) is 7.11 Å². The third kappa shape index (κ3) is 1.46. The summed E-state index contributed by atoms with van der Waals surface area (Å²) in [4.78, 5) is 10.9. The van der Waals surface area contributed by atoms with E-state index in [2.05, 4.69) is 10.1 Å². The van der Waals surface area contributed by atoms with Crippen LogP contribution in [0.3, 0.4) is 0 Å². The molecule has 57 valence electrons. The summed E-state index contributed by atoms with van der Waals surface area (Å²) in [5.41, 5.74) is 0.190. The van der Waals surface area contributed by atoms with Gasteiger partial charge in [0, 0.05) is 6.20 Å². The highest BCUT2D eigenvalue weighted by Crippen LogP contribution is 2.03. The predicted octanol–water partition coefficient (Wildman–Crippen LogP) is 0.195. The number of nitrogens with one attached hydrogen (secondary N) is 1. The average molecular weight is 151 g/mol. The van der Waals surface area contributed by atoms with Gasteiger partial charge in [-0.2, -0.15) is 0 Å². The standard InChI is InChI=1S/C7H7N2O2/c1-11-7(10)5-3-2-4-9-6(5)8/h2-4,8H,1H3. The monoisotopic (exact) mass is 151 g/mol. The summed E-state index contributed by atoms with van der Waals surface area (Å²) in [7, 11) is 1.27. The minimum atomic E-state index is -0.525. The molecule has 0 amide bonds. The number of hydrogen-bond donors (Lipinski definition) is 1. The predicted molar refractivity (Wildman–Crippen MR) is 39.1 cm³/mol. The molecule has 0 spiro atoms. The fourth-order valence-corrected chi connectivity index (χ4v) is 0.680. The molecule has 0 saturated heterocycles. The summed E-state index contributed by atoms with van der Waals surface area (Å²) < 4.78 is 4.42. The molecule has 0 unspecified atom stereocenters. The van der Waals surface area contributed by atoms with Crippen molar-refractivity contribution in [2.75, 3.05) is 7.11 Å². The van der Waals surface area contributed by atoms with Gasteiger partial charge in [-0.3, -0.25) is 5.41 Å². The third-order valence-electron chi connectivity index (χ3n) is 1.21. The van der Waals surface area contributed by atoms with Gasteiger partial charge in [-0.05, 0) is 12.2 Å². The van der Waals surface area contributed by atoms with Crippen molar-refractivity contribution in [1.82, 2.24) is 5.32 Å². The van der Waals surface area contributed by atoms with Crippen molar-refractivity contribution < 1.29 is 9.53 Å². The van der Waals surface area contributed by atoms with Gasteiger partial charge in [0.2, 0.25) is 0 Å². The Balaban J connectivity index is 2.84. The van der Waals surface area contributed by atoms with E-state index in [0.29, 0.717) is 0 Å². The fraction of sp³-hybridized carbons (Fsp3) is 0.143. The first-order chi connectivity index (χ1) is 5.25. The largest absolute Gasteiger partial charge is 0.465 e. The van der Waals surface area contributed by atoms with Crippen molar-refractivity contribution in [3.63, 3.8) is 0 Å². The second-order valence-electron chi connectivity index (χ2n) is 1.89. The normalized spacial score (nSPS) is 15.4. The lowest BCUT2D eigenvalue weighted by Crippen LogP contribution is -2.21. The van der Waals surface area contributed by atoms with Crippen LogP contribution in [0, 0.1) is 5.41 Å². The Morgan fingerprint density at radius 3 is 3.00 bits per heavy atom. The molecule has 0 aromatic carbocycles. The molecule has 4 heteroatoms. The second kappa shape index (κ2) is 3.01. The van der Waals surface area contributed by atoms with Crippen molar-refractivity contribution >= 4 is 11.8 Å². The number of amidine groups is 1. The van der Waals surface area contributed by atoms with Gasteiger partial charge in [-0.25, -0.2) is 10.1 Å². The van der Waals surface area contributed by atoms with Crippen LogP contribution < -0.4 is 5.32 Å². The van der Waals surface area contributed by atoms with Crippen LogP contribution >= 0.6 is 0 Å². The zero-order valence-corrected chi connectivity index (χ0v) is 6.00. The van der Waals surface area contributed by atoms with E-state index in [1.165, 1.54) is 19.4 Å². The highest BCUT2D eigenvalue weighted by molar-refractivity contribution is 6.18. The molecule has 4 nitrogen and oxygen atoms in total. The summed E-state index contributed by atoms with van der Waals surface area (Å²) >= 11 is 0. The van der Waals surface area contributed by atoms with Crippen molar-refractivity contribution in [1.29, 1.82) is 5.41 Å². The molecule has 0 aromatic heterocycles. The molecule has 0 saturated carbocycles. The first-order valence-corrected chi connectivity index (χ1v) is 3.00. The molecular weight excluding hydrogens is 144 g/mol. The van der Waals surface area contributed by atoms with E-state index < -0.39 is 5.97 Å². The van der Waals surface area contributed by atoms with Crippen molar-refractivity contribution in [2.45, 2.75) is 0 Å². The van der Waals surface area contributed by atoms with Gasteiger partial charge in [0.25, 0.3) is 0 Å². The Kier molecular flexibility index (Phi) is 2.06. The summed E-state index contributed by atoms with van der Waals surface area (Å²) in [5, 5.41) is 10.8. The molecule has 1 aliphatic heterocycles. The van der Waals surface area contributed by atoms with E-state index >= 15 is 0 Å². The number of allylic oxidation sites excluding steroid dienone is 2. The van der Waals surface area contributed by atoms with Gasteiger partial charge in [0.15, 0.2) is 5.84 Å². The molecule has 0 atom stereocenters. The van der Waals surface area contributed by atoms with Crippen LogP contribution in [0.15, 0.2) is 23.9 Å². The fourth-order valence-electron chi connectivity index (χ4n) is 0.680. The molecule has 0 aliphatic carbocycles. The van der Waals surface area contributed by atoms with E-state index in [-0.39, 0.29) is 11.4 Å². The minimum absolute atomic E-state index is 0.0562. The summed E-state index contributed by atoms with van der Waals surface area (Å²) in [6.07, 6.45) is 4.54. The number of nitrogens with zero attached hydrogens (tertiary/aromatic N) is 1. The molecule has 1 rings (SSSR count). The van der Waals surface area contributed by atoms with Gasteiger partial charge in [-0.15, -0.1) is 0 Å². The molecular formula is C7H7N2O2. The first kappa shape index (κ1) is 7.53. The molecule has 0 bridgehead atoms. The third-order valence-corrected chi connectivity index (χ3v) is 1.21. The van der Waals surface area contributed by atoms with Gasteiger partial charge >= 0.3 is 5.97 Å². The number of rotatable bonds is 1. The number of hydrogen-bond acceptors (Lipinski definition) is 3. The van der Waals surface area contributed by atoms with E-state index in [1.807, 2.05) is 0 Å². The lowest BCUT2D eigenvalue weighted by atomic mass is 10.2. The number of carbonyl (C=O) groups is 1. The Morgan fingerprint density at radius 2 is 2.45 bits per heavy atom. The van der Waals surface area contributed by atoms with Crippen molar-refractivity contribution in [2.24, 2.45) is 0 Å². The highest BCUT2D eigenvalue weighted by Gasteiger charge is 2.16. The van der Waals surface area contributed by atoms with Crippen LogP contribution in [-0.4, -0.2) is 18.9 Å². The summed E-state index contributed by atoms with van der Waals surface area (Å²) in [6, 6.07) is 0. The van der Waals surface area contributed by atoms with Crippen LogP contribution in [0.25, 0.3) is 0 Å². The highest BCUT2D eigenvalue weighted by atomic mass is 16.5. The lowest BCUT2D eigenvalue weighted by Gasteiger charge is -2.06. The zero-order valence-electron chi connectivity index (χ0n) is 6.00. The molecule has 0 aromatic rings. The number of esters is 1. The van der Waals surface area contributed by atoms with Crippen LogP contribution in [0.5, 0.6) is 0 Å². The maximum Gasteiger partial charge on any atom is 0.341 e. The smallest absolute Gasteiger partial charge is 0.341 e. The first-order valence-electron chi connectivity index (χ1n) is 3.00. The SMILES string of the molecule is COC(=O)C1=CC=C[N]C1=N. The van der Waals surface area contributed by atoms with Crippen LogP contribution in [0.4, 0.5) is 0 Å². The quantitative estimate of drug-likeness (QED) is 0.544. The van der Waals surface area contributed by atoms with Gasteiger partial charge < -0.3 is 4.74 Å². The summed E-state index contributed by atoms with van der Waals surface area (Å²) in [5.74, 6) is -0.581. The Hall–Kier alpha value is -1.58. The van der Waals surface area contributed by atoms with E-state index in [4.69, 9.17) is 5.41 Å².